The summed E-state index contributed by atoms with van der Waals surface area (Å²) in [5, 5.41) is 13.4. The molecule has 3 rings (SSSR count). The molecule has 2 amide bonds. The molecule has 0 saturated heterocycles. The molecule has 106 valence electrons. The van der Waals surface area contributed by atoms with Crippen LogP contribution in [0, 0.1) is 0 Å². The SMILES string of the molecule is O=C(NNC(=O)c1nccn2ncc(Br)c12)c1cn[nH]n1. The van der Waals surface area contributed by atoms with Gasteiger partial charge in [-0.2, -0.15) is 20.5 Å². The number of hydrazine groups is 1. The van der Waals surface area contributed by atoms with Gasteiger partial charge in [0.2, 0.25) is 0 Å². The lowest BCUT2D eigenvalue weighted by molar-refractivity contribution is 0.0842. The van der Waals surface area contributed by atoms with Gasteiger partial charge >= 0.3 is 0 Å². The molecular weight excluding hydrogens is 344 g/mol. The van der Waals surface area contributed by atoms with E-state index < -0.39 is 11.8 Å². The highest BCUT2D eigenvalue weighted by Gasteiger charge is 2.17. The summed E-state index contributed by atoms with van der Waals surface area (Å²) in [5.41, 5.74) is 5.12. The zero-order valence-corrected chi connectivity index (χ0v) is 11.8. The van der Waals surface area contributed by atoms with Crippen LogP contribution < -0.4 is 10.9 Å². The van der Waals surface area contributed by atoms with Gasteiger partial charge in [-0.1, -0.05) is 0 Å². The van der Waals surface area contributed by atoms with Crippen LogP contribution >= 0.6 is 15.9 Å². The lowest BCUT2D eigenvalue weighted by Crippen LogP contribution is -2.42. The predicted molar refractivity (Wildman–Crippen MR) is 72.0 cm³/mol. The van der Waals surface area contributed by atoms with E-state index >= 15 is 0 Å². The van der Waals surface area contributed by atoms with E-state index in [2.05, 4.69) is 52.3 Å². The van der Waals surface area contributed by atoms with Crippen LogP contribution in [0.5, 0.6) is 0 Å². The fraction of sp³-hybridized carbons (Fsp3) is 0. The van der Waals surface area contributed by atoms with E-state index in [1.165, 1.54) is 16.9 Å². The maximum Gasteiger partial charge on any atom is 0.291 e. The molecule has 0 aliphatic carbocycles. The highest BCUT2D eigenvalue weighted by atomic mass is 79.9. The van der Waals surface area contributed by atoms with E-state index in [9.17, 15) is 9.59 Å². The lowest BCUT2D eigenvalue weighted by atomic mass is 10.3. The molecule has 10 nitrogen and oxygen atoms in total. The second kappa shape index (κ2) is 5.28. The largest absolute Gasteiger partial charge is 0.291 e. The third-order valence-electron chi connectivity index (χ3n) is 2.54. The van der Waals surface area contributed by atoms with E-state index in [1.807, 2.05) is 0 Å². The Morgan fingerprint density at radius 1 is 1.24 bits per heavy atom. The number of carbonyl (C=O) groups excluding carboxylic acids is 2. The second-order valence-electron chi connectivity index (χ2n) is 3.83. The van der Waals surface area contributed by atoms with Crippen LogP contribution in [0.25, 0.3) is 5.52 Å². The van der Waals surface area contributed by atoms with Crippen molar-refractivity contribution in [1.82, 2.24) is 40.9 Å². The van der Waals surface area contributed by atoms with Gasteiger partial charge in [-0.3, -0.25) is 20.4 Å². The van der Waals surface area contributed by atoms with Crippen LogP contribution in [0.4, 0.5) is 0 Å². The van der Waals surface area contributed by atoms with Crippen LogP contribution in [0.15, 0.2) is 29.3 Å². The summed E-state index contributed by atoms with van der Waals surface area (Å²) < 4.78 is 2.11. The third kappa shape index (κ3) is 2.45. The third-order valence-corrected chi connectivity index (χ3v) is 3.12. The summed E-state index contributed by atoms with van der Waals surface area (Å²) in [6, 6.07) is 0. The number of carbonyl (C=O) groups is 2. The number of amides is 2. The van der Waals surface area contributed by atoms with Crippen molar-refractivity contribution in [2.24, 2.45) is 0 Å². The molecule has 0 atom stereocenters. The number of halogens is 1. The van der Waals surface area contributed by atoms with Crippen LogP contribution in [0.3, 0.4) is 0 Å². The molecule has 0 radical (unpaired) electrons. The minimum atomic E-state index is -0.600. The predicted octanol–water partition coefficient (Wildman–Crippen LogP) is -0.315. The minimum absolute atomic E-state index is 0.0481. The smallest absolute Gasteiger partial charge is 0.266 e. The lowest BCUT2D eigenvalue weighted by Gasteiger charge is -2.06. The number of hydrogen-bond acceptors (Lipinski definition) is 6. The van der Waals surface area contributed by atoms with Crippen molar-refractivity contribution in [1.29, 1.82) is 0 Å². The Morgan fingerprint density at radius 2 is 2.05 bits per heavy atom. The van der Waals surface area contributed by atoms with Gasteiger partial charge < -0.3 is 0 Å². The number of nitrogens with zero attached hydrogens (tertiary/aromatic N) is 5. The molecule has 0 fully saturated rings. The van der Waals surface area contributed by atoms with E-state index in [4.69, 9.17) is 0 Å². The van der Waals surface area contributed by atoms with Crippen molar-refractivity contribution in [3.8, 4) is 0 Å². The quantitative estimate of drug-likeness (QED) is 0.543. The molecule has 0 aromatic carbocycles. The Labute approximate surface area is 125 Å². The van der Waals surface area contributed by atoms with Gasteiger partial charge in [-0.05, 0) is 15.9 Å². The molecule has 11 heteroatoms. The number of aromatic nitrogens is 6. The zero-order chi connectivity index (χ0) is 14.8. The van der Waals surface area contributed by atoms with Crippen LogP contribution in [-0.4, -0.2) is 41.8 Å². The normalized spacial score (nSPS) is 10.5. The van der Waals surface area contributed by atoms with Gasteiger partial charge in [-0.15, -0.1) is 0 Å². The maximum atomic E-state index is 12.1. The van der Waals surface area contributed by atoms with E-state index in [-0.39, 0.29) is 11.4 Å². The average Bonchev–Trinajstić information content (AvgIpc) is 3.14. The molecule has 0 spiro atoms. The monoisotopic (exact) mass is 350 g/mol. The van der Waals surface area contributed by atoms with E-state index in [0.29, 0.717) is 9.99 Å². The maximum absolute atomic E-state index is 12.1. The van der Waals surface area contributed by atoms with E-state index in [1.54, 1.807) is 12.4 Å². The molecule has 0 aliphatic heterocycles. The first-order valence-corrected chi connectivity index (χ1v) is 6.40. The fourth-order valence-electron chi connectivity index (χ4n) is 1.62. The number of rotatable bonds is 2. The van der Waals surface area contributed by atoms with Crippen LogP contribution in [0.2, 0.25) is 0 Å². The number of nitrogens with one attached hydrogen (secondary N) is 3. The number of aromatic amines is 1. The molecule has 0 unspecified atom stereocenters. The number of hydrogen-bond donors (Lipinski definition) is 3. The Hall–Kier alpha value is -2.82. The second-order valence-corrected chi connectivity index (χ2v) is 4.68. The summed E-state index contributed by atoms with van der Waals surface area (Å²) in [5.74, 6) is -1.18. The van der Waals surface area contributed by atoms with Crippen molar-refractivity contribution in [2.75, 3.05) is 0 Å². The van der Waals surface area contributed by atoms with Crippen LogP contribution in [0.1, 0.15) is 21.0 Å². The first-order chi connectivity index (χ1) is 10.2. The first-order valence-electron chi connectivity index (χ1n) is 5.61. The standard InChI is InChI=1S/C10H7BrN8O2/c11-5-3-14-19-2-1-12-7(8(5)19)10(21)17-16-9(20)6-4-13-18-15-6/h1-4H,(H,16,20)(H,17,21)(H,13,15,18). The van der Waals surface area contributed by atoms with Crippen molar-refractivity contribution in [3.05, 3.63) is 40.6 Å². The zero-order valence-electron chi connectivity index (χ0n) is 10.2. The van der Waals surface area contributed by atoms with Gasteiger partial charge in [0.15, 0.2) is 11.4 Å². The number of fused-ring (bicyclic) bond motifs is 1. The van der Waals surface area contributed by atoms with Crippen molar-refractivity contribution < 1.29 is 9.59 Å². The molecule has 21 heavy (non-hydrogen) atoms. The fourth-order valence-corrected chi connectivity index (χ4v) is 2.08. The Kier molecular flexibility index (Phi) is 3.31. The van der Waals surface area contributed by atoms with Gasteiger partial charge in [0.05, 0.1) is 16.9 Å². The molecule has 3 aromatic rings. The van der Waals surface area contributed by atoms with Gasteiger partial charge in [0.25, 0.3) is 11.8 Å². The molecule has 0 bridgehead atoms. The van der Waals surface area contributed by atoms with Gasteiger partial charge in [0.1, 0.15) is 5.52 Å². The average molecular weight is 351 g/mol. The number of H-pyrrole nitrogens is 1. The molecular formula is C10H7BrN8O2. The van der Waals surface area contributed by atoms with Crippen LogP contribution in [-0.2, 0) is 0 Å². The molecule has 3 heterocycles. The summed E-state index contributed by atoms with van der Waals surface area (Å²) in [4.78, 5) is 27.7. The van der Waals surface area contributed by atoms with Gasteiger partial charge in [0, 0.05) is 12.4 Å². The van der Waals surface area contributed by atoms with Crippen molar-refractivity contribution in [2.45, 2.75) is 0 Å². The minimum Gasteiger partial charge on any atom is -0.266 e. The van der Waals surface area contributed by atoms with Gasteiger partial charge in [-0.25, -0.2) is 9.50 Å². The summed E-state index contributed by atoms with van der Waals surface area (Å²) >= 11 is 3.28. The molecule has 3 aromatic heterocycles. The Balaban J connectivity index is 1.78. The molecule has 3 N–H and O–H groups in total. The van der Waals surface area contributed by atoms with Crippen molar-refractivity contribution in [3.63, 3.8) is 0 Å². The summed E-state index contributed by atoms with van der Waals surface area (Å²) in [6.07, 6.45) is 5.81. The first kappa shape index (κ1) is 13.2. The molecule has 0 aliphatic rings. The Bertz CT molecular complexity index is 812. The summed E-state index contributed by atoms with van der Waals surface area (Å²) in [7, 11) is 0. The highest BCUT2D eigenvalue weighted by molar-refractivity contribution is 9.10. The topological polar surface area (TPSA) is 130 Å². The Morgan fingerprint density at radius 3 is 2.81 bits per heavy atom. The summed E-state index contributed by atoms with van der Waals surface area (Å²) in [6.45, 7) is 0. The van der Waals surface area contributed by atoms with Crippen molar-refractivity contribution >= 4 is 33.3 Å². The van der Waals surface area contributed by atoms with E-state index in [0.717, 1.165) is 0 Å². The highest BCUT2D eigenvalue weighted by Crippen LogP contribution is 2.19. The molecule has 0 saturated carbocycles.